The Morgan fingerprint density at radius 1 is 1.32 bits per heavy atom. The zero-order chi connectivity index (χ0) is 13.8. The van der Waals surface area contributed by atoms with Gasteiger partial charge in [0.1, 0.15) is 6.10 Å². The third-order valence-electron chi connectivity index (χ3n) is 3.44. The van der Waals surface area contributed by atoms with Gasteiger partial charge in [0.2, 0.25) is 0 Å². The van der Waals surface area contributed by atoms with E-state index >= 15 is 0 Å². The van der Waals surface area contributed by atoms with Gasteiger partial charge in [0.15, 0.2) is 0 Å². The lowest BCUT2D eigenvalue weighted by Crippen LogP contribution is -2.29. The predicted molar refractivity (Wildman–Crippen MR) is 69.0 cm³/mol. The fourth-order valence-corrected chi connectivity index (χ4v) is 2.30. The molecule has 1 N–H and O–H groups in total. The summed E-state index contributed by atoms with van der Waals surface area (Å²) in [6.07, 6.45) is -0.526. The first kappa shape index (κ1) is 13.4. The molecular weight excluding hydrogens is 246 g/mol. The number of rotatable bonds is 3. The molecule has 0 aliphatic carbocycles. The van der Waals surface area contributed by atoms with Crippen LogP contribution in [0, 0.1) is 5.92 Å². The summed E-state index contributed by atoms with van der Waals surface area (Å²) < 4.78 is 5.44. The highest BCUT2D eigenvalue weighted by Gasteiger charge is 2.36. The topological polar surface area (TPSA) is 66.8 Å². The van der Waals surface area contributed by atoms with Gasteiger partial charge in [0.05, 0.1) is 12.1 Å². The summed E-state index contributed by atoms with van der Waals surface area (Å²) in [5.74, 6) is -0.319. The van der Waals surface area contributed by atoms with Crippen molar-refractivity contribution >= 4 is 12.1 Å². The van der Waals surface area contributed by atoms with Gasteiger partial charge in [0, 0.05) is 12.5 Å². The Morgan fingerprint density at radius 2 is 2.00 bits per heavy atom. The summed E-state index contributed by atoms with van der Waals surface area (Å²) in [7, 11) is 0. The van der Waals surface area contributed by atoms with Crippen LogP contribution in [0.15, 0.2) is 30.3 Å². The number of likely N-dealkylation sites (tertiary alicyclic amines) is 1. The summed E-state index contributed by atoms with van der Waals surface area (Å²) in [4.78, 5) is 24.2. The molecule has 1 fully saturated rings. The lowest BCUT2D eigenvalue weighted by atomic mass is 10.0. The summed E-state index contributed by atoms with van der Waals surface area (Å²) >= 11 is 0. The fraction of sp³-hybridized carbons (Fsp3) is 0.429. The van der Waals surface area contributed by atoms with E-state index in [4.69, 9.17) is 9.84 Å². The smallest absolute Gasteiger partial charge is 0.407 e. The number of benzene rings is 1. The van der Waals surface area contributed by atoms with Gasteiger partial charge < -0.3 is 14.7 Å². The van der Waals surface area contributed by atoms with E-state index in [9.17, 15) is 9.59 Å². The van der Waals surface area contributed by atoms with Gasteiger partial charge in [-0.2, -0.15) is 0 Å². The maximum atomic E-state index is 12.0. The van der Waals surface area contributed by atoms with Crippen molar-refractivity contribution in [2.24, 2.45) is 5.92 Å². The third-order valence-corrected chi connectivity index (χ3v) is 3.44. The maximum Gasteiger partial charge on any atom is 0.407 e. The van der Waals surface area contributed by atoms with Crippen LogP contribution in [-0.2, 0) is 4.74 Å². The molecule has 19 heavy (non-hydrogen) atoms. The van der Waals surface area contributed by atoms with Crippen LogP contribution in [0.3, 0.4) is 0 Å². The van der Waals surface area contributed by atoms with Gasteiger partial charge in [-0.3, -0.25) is 0 Å². The zero-order valence-corrected chi connectivity index (χ0v) is 10.8. The van der Waals surface area contributed by atoms with E-state index in [2.05, 4.69) is 0 Å². The van der Waals surface area contributed by atoms with E-state index in [1.165, 1.54) is 4.90 Å². The third kappa shape index (κ3) is 3.05. The molecule has 102 valence electrons. The maximum absolute atomic E-state index is 12.0. The Morgan fingerprint density at radius 3 is 2.58 bits per heavy atom. The highest BCUT2D eigenvalue weighted by molar-refractivity contribution is 5.89. The average Bonchev–Trinajstić information content (AvgIpc) is 2.83. The SMILES string of the molecule is CCC1CN(C(=O)O)CC1OC(=O)c1ccccc1. The van der Waals surface area contributed by atoms with Gasteiger partial charge in [-0.25, -0.2) is 9.59 Å². The minimum atomic E-state index is -0.961. The van der Waals surface area contributed by atoms with Crippen LogP contribution < -0.4 is 0 Å². The van der Waals surface area contributed by atoms with Gasteiger partial charge in [0.25, 0.3) is 0 Å². The molecule has 5 nitrogen and oxygen atoms in total. The molecule has 1 amide bonds. The van der Waals surface area contributed by atoms with E-state index in [0.29, 0.717) is 12.1 Å². The fourth-order valence-electron chi connectivity index (χ4n) is 2.30. The van der Waals surface area contributed by atoms with Crippen molar-refractivity contribution < 1.29 is 19.4 Å². The van der Waals surface area contributed by atoms with Crippen LogP contribution in [0.4, 0.5) is 4.79 Å². The van der Waals surface area contributed by atoms with Gasteiger partial charge in [-0.05, 0) is 18.6 Å². The van der Waals surface area contributed by atoms with E-state index in [1.54, 1.807) is 24.3 Å². The summed E-state index contributed by atoms with van der Waals surface area (Å²) in [6.45, 7) is 2.66. The van der Waals surface area contributed by atoms with Crippen molar-refractivity contribution in [2.45, 2.75) is 19.4 Å². The molecule has 1 aromatic rings. The number of esters is 1. The first-order valence-electron chi connectivity index (χ1n) is 6.35. The lowest BCUT2D eigenvalue weighted by molar-refractivity contribution is 0.0229. The van der Waals surface area contributed by atoms with Crippen molar-refractivity contribution in [3.05, 3.63) is 35.9 Å². The molecule has 2 rings (SSSR count). The summed E-state index contributed by atoms with van der Waals surface area (Å²) in [6, 6.07) is 8.74. The monoisotopic (exact) mass is 263 g/mol. The first-order valence-corrected chi connectivity index (χ1v) is 6.35. The Bertz CT molecular complexity index is 460. The lowest BCUT2D eigenvalue weighted by Gasteiger charge is -2.17. The van der Waals surface area contributed by atoms with Gasteiger partial charge in [-0.1, -0.05) is 25.1 Å². The van der Waals surface area contributed by atoms with E-state index < -0.39 is 12.1 Å². The number of hydrogen-bond donors (Lipinski definition) is 1. The number of carbonyl (C=O) groups is 2. The van der Waals surface area contributed by atoms with Crippen molar-refractivity contribution in [1.82, 2.24) is 4.90 Å². The molecule has 1 heterocycles. The molecule has 0 aromatic heterocycles. The molecule has 1 aromatic carbocycles. The quantitative estimate of drug-likeness (QED) is 0.849. The van der Waals surface area contributed by atoms with Gasteiger partial charge in [-0.15, -0.1) is 0 Å². The molecular formula is C14H17NO4. The average molecular weight is 263 g/mol. The standard InChI is InChI=1S/C14H17NO4/c1-2-10-8-15(14(17)18)9-12(10)19-13(16)11-6-4-3-5-7-11/h3-7,10,12H,2,8-9H2,1H3,(H,17,18). The Hall–Kier alpha value is -2.04. The second kappa shape index (κ2) is 5.73. The van der Waals surface area contributed by atoms with Crippen LogP contribution >= 0.6 is 0 Å². The largest absolute Gasteiger partial charge is 0.465 e. The van der Waals surface area contributed by atoms with E-state index in [1.807, 2.05) is 13.0 Å². The van der Waals surface area contributed by atoms with Crippen molar-refractivity contribution in [3.8, 4) is 0 Å². The van der Waals surface area contributed by atoms with E-state index in [0.717, 1.165) is 6.42 Å². The molecule has 1 aliphatic rings. The molecule has 1 aliphatic heterocycles. The summed E-state index contributed by atoms with van der Waals surface area (Å²) in [5, 5.41) is 8.98. The Labute approximate surface area is 111 Å². The van der Waals surface area contributed by atoms with Crippen molar-refractivity contribution in [1.29, 1.82) is 0 Å². The van der Waals surface area contributed by atoms with Crippen LogP contribution in [0.1, 0.15) is 23.7 Å². The summed E-state index contributed by atoms with van der Waals surface area (Å²) in [5.41, 5.74) is 0.492. The molecule has 2 atom stereocenters. The Kier molecular flexibility index (Phi) is 4.04. The van der Waals surface area contributed by atoms with Crippen molar-refractivity contribution in [2.75, 3.05) is 13.1 Å². The van der Waals surface area contributed by atoms with Crippen molar-refractivity contribution in [3.63, 3.8) is 0 Å². The number of hydrogen-bond acceptors (Lipinski definition) is 3. The second-order valence-electron chi connectivity index (χ2n) is 4.67. The number of nitrogens with zero attached hydrogens (tertiary/aromatic N) is 1. The number of carbonyl (C=O) groups excluding carboxylic acids is 1. The minimum absolute atomic E-state index is 0.0729. The van der Waals surface area contributed by atoms with Crippen LogP contribution in [-0.4, -0.2) is 41.3 Å². The molecule has 2 unspecified atom stereocenters. The molecule has 0 bridgehead atoms. The van der Waals surface area contributed by atoms with Crippen LogP contribution in [0.2, 0.25) is 0 Å². The first-order chi connectivity index (χ1) is 9.11. The molecule has 0 radical (unpaired) electrons. The normalized spacial score (nSPS) is 22.3. The molecule has 0 spiro atoms. The minimum Gasteiger partial charge on any atom is -0.465 e. The second-order valence-corrected chi connectivity index (χ2v) is 4.67. The van der Waals surface area contributed by atoms with E-state index in [-0.39, 0.29) is 18.6 Å². The zero-order valence-electron chi connectivity index (χ0n) is 10.8. The van der Waals surface area contributed by atoms with Crippen LogP contribution in [0.5, 0.6) is 0 Å². The highest BCUT2D eigenvalue weighted by atomic mass is 16.5. The molecule has 0 saturated carbocycles. The molecule has 5 heteroatoms. The predicted octanol–water partition coefficient (Wildman–Crippen LogP) is 2.23. The number of amides is 1. The number of carboxylic acid groups (broad SMARTS) is 1. The van der Waals surface area contributed by atoms with Crippen LogP contribution in [0.25, 0.3) is 0 Å². The van der Waals surface area contributed by atoms with Gasteiger partial charge >= 0.3 is 12.1 Å². The molecule has 1 saturated heterocycles. The Balaban J connectivity index is 2.02. The number of ether oxygens (including phenoxy) is 1. The highest BCUT2D eigenvalue weighted by Crippen LogP contribution is 2.23.